The van der Waals surface area contributed by atoms with Gasteiger partial charge < -0.3 is 0 Å². The molecular formula is C7H4ClN3O. The van der Waals surface area contributed by atoms with Gasteiger partial charge in [0.05, 0.1) is 0 Å². The van der Waals surface area contributed by atoms with E-state index >= 15 is 0 Å². The molecule has 60 valence electrons. The van der Waals surface area contributed by atoms with Crippen LogP contribution in [0.4, 0.5) is 0 Å². The lowest BCUT2D eigenvalue weighted by Crippen LogP contribution is -2.08. The van der Waals surface area contributed by atoms with Crippen molar-refractivity contribution in [3.8, 4) is 0 Å². The highest BCUT2D eigenvalue weighted by Crippen LogP contribution is 2.02. The van der Waals surface area contributed by atoms with Gasteiger partial charge in [0.25, 0.3) is 5.56 Å². The van der Waals surface area contributed by atoms with Crippen molar-refractivity contribution in [2.45, 2.75) is 0 Å². The predicted molar refractivity (Wildman–Crippen MR) is 44.3 cm³/mol. The number of hydrogen-bond acceptors (Lipinski definition) is 3. The molecule has 0 unspecified atom stereocenters. The third-order valence-corrected chi connectivity index (χ3v) is 1.59. The standard InChI is InChI=1S/C7H4ClN3O/c8-5-1-2-6-9-7(12)3-4-11(6)10-5/h1-4H. The molecule has 12 heavy (non-hydrogen) atoms. The van der Waals surface area contributed by atoms with Crippen LogP contribution in [0.25, 0.3) is 5.65 Å². The van der Waals surface area contributed by atoms with E-state index in [4.69, 9.17) is 11.6 Å². The Hall–Kier alpha value is -1.42. The molecule has 0 amide bonds. The third kappa shape index (κ3) is 1.16. The molecule has 0 N–H and O–H groups in total. The maximum Gasteiger partial charge on any atom is 0.273 e. The van der Waals surface area contributed by atoms with Gasteiger partial charge in [0, 0.05) is 12.3 Å². The highest BCUT2D eigenvalue weighted by atomic mass is 35.5. The van der Waals surface area contributed by atoms with Crippen LogP contribution < -0.4 is 5.56 Å². The normalized spacial score (nSPS) is 10.4. The maximum absolute atomic E-state index is 10.8. The van der Waals surface area contributed by atoms with Crippen molar-refractivity contribution < 1.29 is 0 Å². The Labute approximate surface area is 72.4 Å². The summed E-state index contributed by atoms with van der Waals surface area (Å²) < 4.78 is 1.45. The molecule has 0 saturated carbocycles. The number of rotatable bonds is 0. The first-order valence-corrected chi connectivity index (χ1v) is 3.66. The van der Waals surface area contributed by atoms with Gasteiger partial charge in [-0.3, -0.25) is 4.79 Å². The molecule has 0 fully saturated rings. The van der Waals surface area contributed by atoms with E-state index in [1.165, 1.54) is 16.8 Å². The quantitative estimate of drug-likeness (QED) is 0.603. The van der Waals surface area contributed by atoms with Crippen LogP contribution in [0.15, 0.2) is 29.2 Å². The van der Waals surface area contributed by atoms with Gasteiger partial charge >= 0.3 is 0 Å². The highest BCUT2D eigenvalue weighted by Gasteiger charge is 1.94. The summed E-state index contributed by atoms with van der Waals surface area (Å²) in [5.74, 6) is 0. The van der Waals surface area contributed by atoms with Crippen molar-refractivity contribution in [3.05, 3.63) is 39.9 Å². The second kappa shape index (κ2) is 2.57. The minimum absolute atomic E-state index is 0.279. The summed E-state index contributed by atoms with van der Waals surface area (Å²) in [5, 5.41) is 4.27. The van der Waals surface area contributed by atoms with E-state index in [-0.39, 0.29) is 5.56 Å². The first kappa shape index (κ1) is 7.24. The van der Waals surface area contributed by atoms with Gasteiger partial charge in [-0.05, 0) is 12.1 Å². The summed E-state index contributed by atoms with van der Waals surface area (Å²) in [7, 11) is 0. The first-order valence-electron chi connectivity index (χ1n) is 3.28. The number of aromatic nitrogens is 3. The zero-order chi connectivity index (χ0) is 8.55. The second-order valence-corrected chi connectivity index (χ2v) is 2.61. The van der Waals surface area contributed by atoms with Crippen molar-refractivity contribution in [3.63, 3.8) is 0 Å². The van der Waals surface area contributed by atoms with Crippen LogP contribution >= 0.6 is 11.6 Å². The minimum Gasteiger partial charge on any atom is -0.267 e. The third-order valence-electron chi connectivity index (χ3n) is 1.39. The molecule has 0 saturated heterocycles. The van der Waals surface area contributed by atoms with Gasteiger partial charge in [0.15, 0.2) is 5.65 Å². The van der Waals surface area contributed by atoms with E-state index in [2.05, 4.69) is 10.1 Å². The van der Waals surface area contributed by atoms with Crippen LogP contribution in [0.5, 0.6) is 0 Å². The molecular weight excluding hydrogens is 178 g/mol. The van der Waals surface area contributed by atoms with Crippen molar-refractivity contribution in [2.24, 2.45) is 0 Å². The summed E-state index contributed by atoms with van der Waals surface area (Å²) in [6.07, 6.45) is 1.52. The van der Waals surface area contributed by atoms with E-state index in [9.17, 15) is 4.79 Å². The lowest BCUT2D eigenvalue weighted by molar-refractivity contribution is 0.895. The van der Waals surface area contributed by atoms with Gasteiger partial charge in [-0.25, -0.2) is 4.52 Å². The van der Waals surface area contributed by atoms with Crippen LogP contribution in [0.1, 0.15) is 0 Å². The molecule has 4 nitrogen and oxygen atoms in total. The molecule has 0 radical (unpaired) electrons. The minimum atomic E-state index is -0.279. The Kier molecular flexibility index (Phi) is 1.55. The molecule has 0 aliphatic carbocycles. The molecule has 0 aliphatic rings. The fraction of sp³-hybridized carbons (Fsp3) is 0. The average molecular weight is 182 g/mol. The summed E-state index contributed by atoms with van der Waals surface area (Å²) in [4.78, 5) is 14.5. The molecule has 2 aromatic heterocycles. The molecule has 0 bridgehead atoms. The fourth-order valence-corrected chi connectivity index (χ4v) is 1.03. The average Bonchev–Trinajstić information content (AvgIpc) is 2.05. The first-order chi connectivity index (χ1) is 5.75. The fourth-order valence-electron chi connectivity index (χ4n) is 0.890. The number of nitrogens with zero attached hydrogens (tertiary/aromatic N) is 3. The topological polar surface area (TPSA) is 47.3 Å². The number of hydrogen-bond donors (Lipinski definition) is 0. The second-order valence-electron chi connectivity index (χ2n) is 2.22. The van der Waals surface area contributed by atoms with Gasteiger partial charge in [0.1, 0.15) is 5.15 Å². The van der Waals surface area contributed by atoms with E-state index in [1.807, 2.05) is 0 Å². The van der Waals surface area contributed by atoms with E-state index in [1.54, 1.807) is 12.1 Å². The predicted octanol–water partition coefficient (Wildman–Crippen LogP) is 0.743. The van der Waals surface area contributed by atoms with Gasteiger partial charge in [-0.15, -0.1) is 0 Å². The summed E-state index contributed by atoms with van der Waals surface area (Å²) >= 11 is 5.62. The van der Waals surface area contributed by atoms with Crippen LogP contribution in [0, 0.1) is 0 Å². The molecule has 5 heteroatoms. The molecule has 0 aromatic carbocycles. The summed E-state index contributed by atoms with van der Waals surface area (Å²) in [5.41, 5.74) is 0.214. The van der Waals surface area contributed by atoms with Crippen molar-refractivity contribution >= 4 is 17.2 Å². The molecule has 0 spiro atoms. The SMILES string of the molecule is O=c1ccn2nc(Cl)ccc2n1. The van der Waals surface area contributed by atoms with E-state index < -0.39 is 0 Å². The van der Waals surface area contributed by atoms with Gasteiger partial charge in [0.2, 0.25) is 0 Å². The van der Waals surface area contributed by atoms with Crippen molar-refractivity contribution in [1.82, 2.24) is 14.6 Å². The van der Waals surface area contributed by atoms with Gasteiger partial charge in [-0.2, -0.15) is 10.1 Å². The molecule has 0 aliphatic heterocycles. The Balaban J connectivity index is 2.87. The molecule has 2 rings (SSSR count). The Morgan fingerprint density at radius 3 is 3.00 bits per heavy atom. The lowest BCUT2D eigenvalue weighted by Gasteiger charge is -1.96. The smallest absolute Gasteiger partial charge is 0.267 e. The zero-order valence-electron chi connectivity index (χ0n) is 5.94. The van der Waals surface area contributed by atoms with Crippen LogP contribution in [0.2, 0.25) is 5.15 Å². The zero-order valence-corrected chi connectivity index (χ0v) is 6.69. The van der Waals surface area contributed by atoms with Crippen LogP contribution in [-0.2, 0) is 0 Å². The molecule has 0 atom stereocenters. The summed E-state index contributed by atoms with van der Waals surface area (Å²) in [6.45, 7) is 0. The van der Waals surface area contributed by atoms with Crippen LogP contribution in [0.3, 0.4) is 0 Å². The lowest BCUT2D eigenvalue weighted by atomic mass is 10.5. The van der Waals surface area contributed by atoms with Crippen molar-refractivity contribution in [1.29, 1.82) is 0 Å². The Morgan fingerprint density at radius 2 is 2.17 bits per heavy atom. The van der Waals surface area contributed by atoms with Gasteiger partial charge in [-0.1, -0.05) is 11.6 Å². The summed E-state index contributed by atoms with van der Waals surface area (Å²) in [6, 6.07) is 4.55. The monoisotopic (exact) mass is 181 g/mol. The Bertz CT molecular complexity index is 479. The largest absolute Gasteiger partial charge is 0.273 e. The van der Waals surface area contributed by atoms with E-state index in [0.29, 0.717) is 10.8 Å². The molecule has 2 aromatic rings. The number of fused-ring (bicyclic) bond motifs is 1. The van der Waals surface area contributed by atoms with E-state index in [0.717, 1.165) is 0 Å². The number of halogens is 1. The highest BCUT2D eigenvalue weighted by molar-refractivity contribution is 6.29. The molecule has 2 heterocycles. The van der Waals surface area contributed by atoms with Crippen molar-refractivity contribution in [2.75, 3.05) is 0 Å². The maximum atomic E-state index is 10.8. The van der Waals surface area contributed by atoms with Crippen LogP contribution in [-0.4, -0.2) is 14.6 Å². The Morgan fingerprint density at radius 1 is 1.33 bits per heavy atom.